The van der Waals surface area contributed by atoms with Gasteiger partial charge in [0.05, 0.1) is 11.8 Å². The Morgan fingerprint density at radius 1 is 1.00 bits per heavy atom. The van der Waals surface area contributed by atoms with E-state index in [1.165, 1.54) is 0 Å². The van der Waals surface area contributed by atoms with Crippen molar-refractivity contribution in [2.75, 3.05) is 18.4 Å². The minimum Gasteiger partial charge on any atom is -0.342 e. The standard InChI is InChI=1S/C18H21ClN2O2/c19-13-7-9-14(10-8-13)20-17(22)15-5-1-2-6-16(15)18(23)21-11-3-4-12-21/h1-2,7-10,15-16H,3-6,11-12H2,(H,20,22). The molecule has 23 heavy (non-hydrogen) atoms. The van der Waals surface area contributed by atoms with E-state index in [4.69, 9.17) is 11.6 Å². The highest BCUT2D eigenvalue weighted by Crippen LogP contribution is 2.30. The van der Waals surface area contributed by atoms with E-state index in [1.807, 2.05) is 17.1 Å². The topological polar surface area (TPSA) is 49.4 Å². The average molecular weight is 333 g/mol. The van der Waals surface area contributed by atoms with Gasteiger partial charge in [0.2, 0.25) is 11.8 Å². The first kappa shape index (κ1) is 16.1. The highest BCUT2D eigenvalue weighted by molar-refractivity contribution is 6.30. The van der Waals surface area contributed by atoms with Gasteiger partial charge in [0.15, 0.2) is 0 Å². The van der Waals surface area contributed by atoms with Gasteiger partial charge in [0.1, 0.15) is 0 Å². The first-order chi connectivity index (χ1) is 11.1. The lowest BCUT2D eigenvalue weighted by Gasteiger charge is -2.30. The van der Waals surface area contributed by atoms with Crippen LogP contribution in [0, 0.1) is 11.8 Å². The minimum atomic E-state index is -0.302. The van der Waals surface area contributed by atoms with E-state index >= 15 is 0 Å². The predicted molar refractivity (Wildman–Crippen MR) is 91.2 cm³/mol. The highest BCUT2D eigenvalue weighted by atomic mass is 35.5. The Balaban J connectivity index is 1.70. The van der Waals surface area contributed by atoms with Gasteiger partial charge < -0.3 is 10.2 Å². The molecule has 1 aromatic carbocycles. The van der Waals surface area contributed by atoms with Crippen LogP contribution in [0.4, 0.5) is 5.69 Å². The molecule has 1 saturated heterocycles. The largest absolute Gasteiger partial charge is 0.342 e. The summed E-state index contributed by atoms with van der Waals surface area (Å²) in [5, 5.41) is 3.54. The van der Waals surface area contributed by atoms with E-state index < -0.39 is 0 Å². The molecule has 1 aromatic rings. The molecule has 1 heterocycles. The Labute approximate surface area is 141 Å². The minimum absolute atomic E-state index is 0.0887. The third kappa shape index (κ3) is 3.75. The van der Waals surface area contributed by atoms with Crippen molar-refractivity contribution in [2.45, 2.75) is 25.7 Å². The number of nitrogens with zero attached hydrogens (tertiary/aromatic N) is 1. The van der Waals surface area contributed by atoms with Crippen LogP contribution in [0.1, 0.15) is 25.7 Å². The van der Waals surface area contributed by atoms with Crippen LogP contribution in [-0.2, 0) is 9.59 Å². The second-order valence-electron chi connectivity index (χ2n) is 6.18. The van der Waals surface area contributed by atoms with Gasteiger partial charge in [0.25, 0.3) is 0 Å². The Kier molecular flexibility index (Phi) is 5.01. The van der Waals surface area contributed by atoms with E-state index in [0.717, 1.165) is 25.9 Å². The lowest BCUT2D eigenvalue weighted by atomic mass is 9.81. The van der Waals surface area contributed by atoms with Gasteiger partial charge >= 0.3 is 0 Å². The number of rotatable bonds is 3. The Hall–Kier alpha value is -1.81. The molecule has 0 spiro atoms. The molecular formula is C18H21ClN2O2. The molecule has 2 amide bonds. The number of amides is 2. The van der Waals surface area contributed by atoms with Crippen LogP contribution < -0.4 is 5.32 Å². The van der Waals surface area contributed by atoms with Crippen molar-refractivity contribution in [3.05, 3.63) is 41.4 Å². The molecule has 0 bridgehead atoms. The smallest absolute Gasteiger partial charge is 0.228 e. The molecule has 122 valence electrons. The van der Waals surface area contributed by atoms with Gasteiger partial charge in [-0.05, 0) is 49.9 Å². The summed E-state index contributed by atoms with van der Waals surface area (Å²) in [6.07, 6.45) is 7.41. The number of allylic oxidation sites excluding steroid dienone is 2. The molecule has 1 fully saturated rings. The second-order valence-corrected chi connectivity index (χ2v) is 6.62. The second kappa shape index (κ2) is 7.18. The van der Waals surface area contributed by atoms with Crippen molar-refractivity contribution in [1.82, 2.24) is 4.90 Å². The molecule has 2 atom stereocenters. The Morgan fingerprint density at radius 2 is 1.61 bits per heavy atom. The summed E-state index contributed by atoms with van der Waals surface area (Å²) in [5.41, 5.74) is 0.710. The van der Waals surface area contributed by atoms with Crippen molar-refractivity contribution in [2.24, 2.45) is 11.8 Å². The summed E-state index contributed by atoms with van der Waals surface area (Å²) in [5.74, 6) is -0.508. The van der Waals surface area contributed by atoms with Crippen molar-refractivity contribution >= 4 is 29.1 Å². The van der Waals surface area contributed by atoms with Crippen molar-refractivity contribution < 1.29 is 9.59 Å². The lowest BCUT2D eigenvalue weighted by molar-refractivity contribution is -0.139. The molecule has 0 saturated carbocycles. The molecule has 1 aliphatic carbocycles. The molecule has 1 aliphatic heterocycles. The monoisotopic (exact) mass is 332 g/mol. The van der Waals surface area contributed by atoms with Crippen molar-refractivity contribution in [3.8, 4) is 0 Å². The van der Waals surface area contributed by atoms with Crippen LogP contribution >= 0.6 is 11.6 Å². The molecule has 4 nitrogen and oxygen atoms in total. The number of carbonyl (C=O) groups is 2. The fourth-order valence-electron chi connectivity index (χ4n) is 3.32. The first-order valence-electron chi connectivity index (χ1n) is 8.15. The van der Waals surface area contributed by atoms with E-state index in [0.29, 0.717) is 23.6 Å². The van der Waals surface area contributed by atoms with E-state index in [2.05, 4.69) is 5.32 Å². The molecular weight excluding hydrogens is 312 g/mol. The summed E-state index contributed by atoms with van der Waals surface area (Å²) in [4.78, 5) is 27.2. The van der Waals surface area contributed by atoms with Crippen LogP contribution in [0.3, 0.4) is 0 Å². The average Bonchev–Trinajstić information content (AvgIpc) is 3.11. The van der Waals surface area contributed by atoms with Crippen LogP contribution in [0.25, 0.3) is 0 Å². The summed E-state index contributed by atoms with van der Waals surface area (Å²) < 4.78 is 0. The number of nitrogens with one attached hydrogen (secondary N) is 1. The summed E-state index contributed by atoms with van der Waals surface area (Å²) >= 11 is 5.86. The van der Waals surface area contributed by atoms with E-state index in [1.54, 1.807) is 24.3 Å². The highest BCUT2D eigenvalue weighted by Gasteiger charge is 2.36. The predicted octanol–water partition coefficient (Wildman–Crippen LogP) is 3.48. The van der Waals surface area contributed by atoms with Crippen molar-refractivity contribution in [1.29, 1.82) is 0 Å². The van der Waals surface area contributed by atoms with Gasteiger partial charge in [-0.15, -0.1) is 0 Å². The number of hydrogen-bond acceptors (Lipinski definition) is 2. The summed E-state index contributed by atoms with van der Waals surface area (Å²) in [7, 11) is 0. The van der Waals surface area contributed by atoms with E-state index in [9.17, 15) is 9.59 Å². The third-order valence-electron chi connectivity index (χ3n) is 4.62. The van der Waals surface area contributed by atoms with E-state index in [-0.39, 0.29) is 23.7 Å². The van der Waals surface area contributed by atoms with Crippen LogP contribution in [0.15, 0.2) is 36.4 Å². The maximum absolute atomic E-state index is 12.7. The zero-order valence-electron chi connectivity index (χ0n) is 13.0. The Bertz CT molecular complexity index is 606. The molecule has 0 radical (unpaired) electrons. The molecule has 0 aromatic heterocycles. The normalized spacial score (nSPS) is 23.8. The zero-order valence-corrected chi connectivity index (χ0v) is 13.8. The number of hydrogen-bond donors (Lipinski definition) is 1. The van der Waals surface area contributed by atoms with Crippen LogP contribution in [0.2, 0.25) is 5.02 Å². The summed E-state index contributed by atoms with van der Waals surface area (Å²) in [6, 6.07) is 7.03. The van der Waals surface area contributed by atoms with Gasteiger partial charge in [0, 0.05) is 23.8 Å². The first-order valence-corrected chi connectivity index (χ1v) is 8.53. The number of benzene rings is 1. The van der Waals surface area contributed by atoms with Gasteiger partial charge in [-0.2, -0.15) is 0 Å². The number of anilines is 1. The maximum Gasteiger partial charge on any atom is 0.228 e. The van der Waals surface area contributed by atoms with Crippen LogP contribution in [0.5, 0.6) is 0 Å². The van der Waals surface area contributed by atoms with Gasteiger partial charge in [-0.25, -0.2) is 0 Å². The van der Waals surface area contributed by atoms with Gasteiger partial charge in [-0.1, -0.05) is 23.8 Å². The fourth-order valence-corrected chi connectivity index (χ4v) is 3.44. The summed E-state index contributed by atoms with van der Waals surface area (Å²) in [6.45, 7) is 1.65. The number of halogens is 1. The Morgan fingerprint density at radius 3 is 2.26 bits per heavy atom. The number of carbonyl (C=O) groups excluding carboxylic acids is 2. The quantitative estimate of drug-likeness (QED) is 0.861. The lowest BCUT2D eigenvalue weighted by Crippen LogP contribution is -2.42. The molecule has 5 heteroatoms. The van der Waals surface area contributed by atoms with Gasteiger partial charge in [-0.3, -0.25) is 9.59 Å². The third-order valence-corrected chi connectivity index (χ3v) is 4.87. The molecule has 2 aliphatic rings. The molecule has 2 unspecified atom stereocenters. The van der Waals surface area contributed by atoms with Crippen LogP contribution in [-0.4, -0.2) is 29.8 Å². The fraction of sp³-hybridized carbons (Fsp3) is 0.444. The molecule has 1 N–H and O–H groups in total. The maximum atomic E-state index is 12.7. The zero-order chi connectivity index (χ0) is 16.2. The SMILES string of the molecule is O=C(Nc1ccc(Cl)cc1)C1CC=CCC1C(=O)N1CCCC1. The molecule has 3 rings (SSSR count). The number of likely N-dealkylation sites (tertiary alicyclic amines) is 1. The van der Waals surface area contributed by atoms with Crippen molar-refractivity contribution in [3.63, 3.8) is 0 Å².